The van der Waals surface area contributed by atoms with Crippen LogP contribution in [0.2, 0.25) is 0 Å². The molecule has 1 N–H and O–H groups in total. The lowest BCUT2D eigenvalue weighted by Gasteiger charge is -2.26. The van der Waals surface area contributed by atoms with Gasteiger partial charge < -0.3 is 5.11 Å². The summed E-state index contributed by atoms with van der Waals surface area (Å²) in [7, 11) is 0. The largest absolute Gasteiger partial charge is 0.508 e. The van der Waals surface area contributed by atoms with E-state index in [1.54, 1.807) is 6.07 Å². The number of benzene rings is 4. The van der Waals surface area contributed by atoms with Gasteiger partial charge in [0.25, 0.3) is 0 Å². The predicted octanol–water partition coefficient (Wildman–Crippen LogP) is 6.86. The Kier molecular flexibility index (Phi) is 5.93. The molecule has 0 spiro atoms. The van der Waals surface area contributed by atoms with Crippen molar-refractivity contribution in [3.63, 3.8) is 0 Å². The van der Waals surface area contributed by atoms with Gasteiger partial charge in [0.15, 0.2) is 12.1 Å². The van der Waals surface area contributed by atoms with Crippen LogP contribution in [0.25, 0.3) is 0 Å². The topological polar surface area (TPSA) is 26.5 Å². The van der Waals surface area contributed by atoms with Crippen molar-refractivity contribution in [3.8, 4) is 5.75 Å². The van der Waals surface area contributed by atoms with Gasteiger partial charge in [0.2, 0.25) is 6.34 Å². The molecule has 2 atom stereocenters. The molecule has 3 heteroatoms. The fourth-order valence-corrected chi connectivity index (χ4v) is 5.41. The molecule has 0 aliphatic carbocycles. The standard InChI is InChI=1S/C31H30N2O/c1-22-18-23(2)29(24(3)19-22)33-21-32(20-27-16-10-11-17-28(27)34)30(25-12-6-4-7-13-25)31(33)26-14-8-5-9-15-26/h4-19,21,30-31H,20H2,1-3H3/p+1/t30-,31-/m0/s1. The van der Waals surface area contributed by atoms with Gasteiger partial charge in [-0.3, -0.25) is 4.58 Å². The first-order chi connectivity index (χ1) is 16.5. The Morgan fingerprint density at radius 2 is 1.29 bits per heavy atom. The smallest absolute Gasteiger partial charge is 0.240 e. The number of hydrogen-bond acceptors (Lipinski definition) is 2. The molecule has 4 aromatic rings. The first-order valence-corrected chi connectivity index (χ1v) is 11.9. The Balaban J connectivity index is 1.71. The van der Waals surface area contributed by atoms with Gasteiger partial charge in [0.1, 0.15) is 18.0 Å². The number of aromatic hydroxyl groups is 1. The van der Waals surface area contributed by atoms with E-state index in [1.807, 2.05) is 18.2 Å². The lowest BCUT2D eigenvalue weighted by molar-refractivity contribution is -0.578. The normalized spacial score (nSPS) is 17.6. The summed E-state index contributed by atoms with van der Waals surface area (Å²) in [6.07, 6.45) is 2.26. The zero-order valence-electron chi connectivity index (χ0n) is 20.0. The Morgan fingerprint density at radius 1 is 0.735 bits per heavy atom. The van der Waals surface area contributed by atoms with Gasteiger partial charge in [0, 0.05) is 16.7 Å². The Labute approximate surface area is 202 Å². The van der Waals surface area contributed by atoms with E-state index >= 15 is 0 Å². The lowest BCUT2D eigenvalue weighted by Crippen LogP contribution is -2.27. The molecule has 5 rings (SSSR count). The summed E-state index contributed by atoms with van der Waals surface area (Å²) < 4.78 is 2.38. The Hall–Kier alpha value is -3.85. The fraction of sp³-hybridized carbons (Fsp3) is 0.194. The van der Waals surface area contributed by atoms with Crippen LogP contribution in [0.5, 0.6) is 5.75 Å². The van der Waals surface area contributed by atoms with Crippen molar-refractivity contribution in [3.05, 3.63) is 130 Å². The zero-order chi connectivity index (χ0) is 23.7. The third-order valence-corrected chi connectivity index (χ3v) is 6.75. The molecular formula is C31H31N2O+. The quantitative estimate of drug-likeness (QED) is 0.338. The van der Waals surface area contributed by atoms with E-state index in [2.05, 4.69) is 109 Å². The molecule has 0 aromatic heterocycles. The van der Waals surface area contributed by atoms with Crippen LogP contribution >= 0.6 is 0 Å². The van der Waals surface area contributed by atoms with Crippen molar-refractivity contribution in [2.24, 2.45) is 0 Å². The minimum atomic E-state index is 0.0864. The van der Waals surface area contributed by atoms with Crippen LogP contribution < -0.4 is 4.90 Å². The second-order valence-corrected chi connectivity index (χ2v) is 9.28. The summed E-state index contributed by atoms with van der Waals surface area (Å²) in [5.74, 6) is 0.333. The highest BCUT2D eigenvalue weighted by Gasteiger charge is 2.45. The van der Waals surface area contributed by atoms with E-state index < -0.39 is 0 Å². The molecule has 0 bridgehead atoms. The molecule has 1 aliphatic rings. The molecule has 0 saturated carbocycles. The van der Waals surface area contributed by atoms with Gasteiger partial charge in [-0.1, -0.05) is 96.6 Å². The van der Waals surface area contributed by atoms with Gasteiger partial charge in [-0.05, 0) is 38.0 Å². The van der Waals surface area contributed by atoms with Crippen LogP contribution in [0.4, 0.5) is 5.69 Å². The minimum absolute atomic E-state index is 0.0864. The highest BCUT2D eigenvalue weighted by molar-refractivity contribution is 5.83. The summed E-state index contributed by atoms with van der Waals surface area (Å²) in [5, 5.41) is 10.6. The van der Waals surface area contributed by atoms with Gasteiger partial charge in [-0.2, -0.15) is 0 Å². The molecule has 4 aromatic carbocycles. The average Bonchev–Trinajstić information content (AvgIpc) is 3.19. The molecule has 170 valence electrons. The SMILES string of the molecule is Cc1cc(C)c(N2C=[N+](Cc3ccccc3O)[C@@H](c3ccccc3)[C@@H]2c2ccccc2)c(C)c1. The molecule has 1 heterocycles. The molecule has 3 nitrogen and oxygen atoms in total. The van der Waals surface area contributed by atoms with Crippen molar-refractivity contribution in [1.82, 2.24) is 0 Å². The molecule has 0 saturated heterocycles. The van der Waals surface area contributed by atoms with Gasteiger partial charge in [-0.15, -0.1) is 0 Å². The number of nitrogens with zero attached hydrogens (tertiary/aromatic N) is 2. The number of rotatable bonds is 5. The van der Waals surface area contributed by atoms with Gasteiger partial charge in [0.05, 0.1) is 0 Å². The minimum Gasteiger partial charge on any atom is -0.508 e. The third-order valence-electron chi connectivity index (χ3n) is 6.75. The highest BCUT2D eigenvalue weighted by Crippen LogP contribution is 2.44. The van der Waals surface area contributed by atoms with E-state index in [0.717, 1.165) is 5.56 Å². The van der Waals surface area contributed by atoms with Crippen LogP contribution in [0, 0.1) is 20.8 Å². The Bertz CT molecular complexity index is 1310. The summed E-state index contributed by atoms with van der Waals surface area (Å²) >= 11 is 0. The summed E-state index contributed by atoms with van der Waals surface area (Å²) in [5.41, 5.74) is 8.52. The van der Waals surface area contributed by atoms with E-state index in [9.17, 15) is 5.11 Å². The zero-order valence-corrected chi connectivity index (χ0v) is 20.0. The molecule has 0 fully saturated rings. The maximum Gasteiger partial charge on any atom is 0.240 e. The second kappa shape index (κ2) is 9.18. The number of phenolic OH excluding ortho intramolecular Hbond substituents is 1. The second-order valence-electron chi connectivity index (χ2n) is 9.28. The summed E-state index contributed by atoms with van der Waals surface area (Å²) in [4.78, 5) is 2.44. The number of para-hydroxylation sites is 1. The predicted molar refractivity (Wildman–Crippen MR) is 140 cm³/mol. The fourth-order valence-electron chi connectivity index (χ4n) is 5.41. The molecule has 1 aliphatic heterocycles. The van der Waals surface area contributed by atoms with E-state index in [0.29, 0.717) is 12.3 Å². The monoisotopic (exact) mass is 447 g/mol. The van der Waals surface area contributed by atoms with Crippen LogP contribution in [-0.4, -0.2) is 16.0 Å². The van der Waals surface area contributed by atoms with Crippen molar-refractivity contribution >= 4 is 12.0 Å². The van der Waals surface area contributed by atoms with Crippen molar-refractivity contribution in [2.45, 2.75) is 39.4 Å². The molecule has 0 amide bonds. The molecule has 0 unspecified atom stereocenters. The summed E-state index contributed by atoms with van der Waals surface area (Å²) in [6, 6.07) is 33.8. The Morgan fingerprint density at radius 3 is 1.91 bits per heavy atom. The molecule has 34 heavy (non-hydrogen) atoms. The first-order valence-electron chi connectivity index (χ1n) is 11.9. The lowest BCUT2D eigenvalue weighted by atomic mass is 9.91. The third kappa shape index (κ3) is 4.10. The average molecular weight is 448 g/mol. The number of hydrogen-bond donors (Lipinski definition) is 1. The van der Waals surface area contributed by atoms with Crippen LogP contribution in [-0.2, 0) is 6.54 Å². The number of phenols is 1. The number of aryl methyl sites for hydroxylation is 3. The van der Waals surface area contributed by atoms with Gasteiger partial charge in [-0.25, -0.2) is 4.90 Å². The van der Waals surface area contributed by atoms with E-state index in [-0.39, 0.29) is 12.1 Å². The highest BCUT2D eigenvalue weighted by atomic mass is 16.3. The number of anilines is 1. The first kappa shape index (κ1) is 22.0. The van der Waals surface area contributed by atoms with Gasteiger partial charge >= 0.3 is 0 Å². The van der Waals surface area contributed by atoms with E-state index in [1.165, 1.54) is 33.5 Å². The maximum atomic E-state index is 10.6. The van der Waals surface area contributed by atoms with E-state index in [4.69, 9.17) is 0 Å². The molecule has 0 radical (unpaired) electrons. The van der Waals surface area contributed by atoms with Crippen LogP contribution in [0.1, 0.15) is 45.5 Å². The van der Waals surface area contributed by atoms with Crippen molar-refractivity contribution < 1.29 is 9.68 Å². The molecular weight excluding hydrogens is 416 g/mol. The van der Waals surface area contributed by atoms with Crippen LogP contribution in [0.15, 0.2) is 97.1 Å². The van der Waals surface area contributed by atoms with Crippen molar-refractivity contribution in [2.75, 3.05) is 4.90 Å². The van der Waals surface area contributed by atoms with Crippen molar-refractivity contribution in [1.29, 1.82) is 0 Å². The summed E-state index contributed by atoms with van der Waals surface area (Å²) in [6.45, 7) is 7.18. The van der Waals surface area contributed by atoms with Crippen LogP contribution in [0.3, 0.4) is 0 Å². The maximum absolute atomic E-state index is 10.6.